The van der Waals surface area contributed by atoms with E-state index in [1.807, 2.05) is 0 Å². The second kappa shape index (κ2) is 4.68. The van der Waals surface area contributed by atoms with Gasteiger partial charge in [-0.15, -0.1) is 0 Å². The molecule has 3 N–H and O–H groups in total. The number of rotatable bonds is 5. The predicted molar refractivity (Wildman–Crippen MR) is 63.4 cm³/mol. The molecule has 2 saturated carbocycles. The van der Waals surface area contributed by atoms with Gasteiger partial charge in [-0.25, -0.2) is 0 Å². The number of amides is 1. The van der Waals surface area contributed by atoms with Crippen LogP contribution in [0.2, 0.25) is 0 Å². The Hall–Kier alpha value is -1.43. The fourth-order valence-electron chi connectivity index (χ4n) is 3.34. The molecule has 18 heavy (non-hydrogen) atoms. The van der Waals surface area contributed by atoms with Crippen molar-refractivity contribution in [2.24, 2.45) is 17.6 Å². The molecule has 0 aliphatic heterocycles. The third-order valence-electron chi connectivity index (χ3n) is 4.13. The SMILES string of the molecule is NC(=O)CNCc1nc(C2CC3CCC2C3)no1. The first-order valence-corrected chi connectivity index (χ1v) is 6.54. The van der Waals surface area contributed by atoms with Crippen molar-refractivity contribution in [3.8, 4) is 0 Å². The van der Waals surface area contributed by atoms with Gasteiger partial charge in [0.05, 0.1) is 13.1 Å². The summed E-state index contributed by atoms with van der Waals surface area (Å²) in [7, 11) is 0. The van der Waals surface area contributed by atoms with E-state index in [2.05, 4.69) is 15.5 Å². The second-order valence-corrected chi connectivity index (χ2v) is 5.40. The van der Waals surface area contributed by atoms with Crippen LogP contribution in [0, 0.1) is 11.8 Å². The summed E-state index contributed by atoms with van der Waals surface area (Å²) in [6, 6.07) is 0. The Morgan fingerprint density at radius 2 is 2.33 bits per heavy atom. The van der Waals surface area contributed by atoms with Crippen molar-refractivity contribution in [1.29, 1.82) is 0 Å². The molecule has 1 aromatic heterocycles. The number of nitrogens with zero attached hydrogens (tertiary/aromatic N) is 2. The molecule has 3 rings (SSSR count). The molecule has 2 fully saturated rings. The maximum Gasteiger partial charge on any atom is 0.240 e. The Morgan fingerprint density at radius 1 is 1.44 bits per heavy atom. The molecular weight excluding hydrogens is 232 g/mol. The second-order valence-electron chi connectivity index (χ2n) is 5.40. The van der Waals surface area contributed by atoms with Crippen LogP contribution in [0.1, 0.15) is 43.3 Å². The zero-order valence-corrected chi connectivity index (χ0v) is 10.3. The van der Waals surface area contributed by atoms with Crippen molar-refractivity contribution in [3.05, 3.63) is 11.7 Å². The smallest absolute Gasteiger partial charge is 0.240 e. The number of fused-ring (bicyclic) bond motifs is 2. The van der Waals surface area contributed by atoms with Crippen LogP contribution >= 0.6 is 0 Å². The van der Waals surface area contributed by atoms with Gasteiger partial charge in [-0.2, -0.15) is 4.98 Å². The Labute approximate surface area is 105 Å². The highest BCUT2D eigenvalue weighted by molar-refractivity contribution is 5.75. The molecule has 2 aliphatic rings. The lowest BCUT2D eigenvalue weighted by atomic mass is 9.88. The predicted octanol–water partition coefficient (Wildman–Crippen LogP) is 0.548. The van der Waals surface area contributed by atoms with Crippen LogP contribution in [-0.4, -0.2) is 22.6 Å². The molecule has 0 spiro atoms. The number of nitrogens with two attached hydrogens (primary N) is 1. The fraction of sp³-hybridized carbons (Fsp3) is 0.750. The Bertz CT molecular complexity index is 445. The summed E-state index contributed by atoms with van der Waals surface area (Å²) in [4.78, 5) is 15.0. The molecule has 0 radical (unpaired) electrons. The van der Waals surface area contributed by atoms with Crippen molar-refractivity contribution in [2.45, 2.75) is 38.1 Å². The molecule has 3 unspecified atom stereocenters. The highest BCUT2D eigenvalue weighted by Crippen LogP contribution is 2.52. The van der Waals surface area contributed by atoms with Gasteiger partial charge < -0.3 is 10.3 Å². The third-order valence-corrected chi connectivity index (χ3v) is 4.13. The van der Waals surface area contributed by atoms with Crippen LogP contribution in [-0.2, 0) is 11.3 Å². The molecule has 98 valence electrons. The van der Waals surface area contributed by atoms with Crippen molar-refractivity contribution in [2.75, 3.05) is 6.54 Å². The molecule has 3 atom stereocenters. The maximum absolute atomic E-state index is 10.6. The highest BCUT2D eigenvalue weighted by Gasteiger charge is 2.42. The molecular formula is C12H18N4O2. The monoisotopic (exact) mass is 250 g/mol. The van der Waals surface area contributed by atoms with Gasteiger partial charge in [0.1, 0.15) is 0 Å². The van der Waals surface area contributed by atoms with Crippen molar-refractivity contribution < 1.29 is 9.32 Å². The van der Waals surface area contributed by atoms with Crippen molar-refractivity contribution in [1.82, 2.24) is 15.5 Å². The molecule has 6 nitrogen and oxygen atoms in total. The summed E-state index contributed by atoms with van der Waals surface area (Å²) in [6.45, 7) is 0.530. The molecule has 1 amide bonds. The number of hydrogen-bond acceptors (Lipinski definition) is 5. The van der Waals surface area contributed by atoms with E-state index < -0.39 is 0 Å². The van der Waals surface area contributed by atoms with Gasteiger partial charge >= 0.3 is 0 Å². The minimum atomic E-state index is -0.386. The topological polar surface area (TPSA) is 94.0 Å². The van der Waals surface area contributed by atoms with Crippen LogP contribution < -0.4 is 11.1 Å². The molecule has 0 saturated heterocycles. The molecule has 1 heterocycles. The first-order valence-electron chi connectivity index (χ1n) is 6.54. The normalized spacial score (nSPS) is 29.9. The molecule has 2 aliphatic carbocycles. The van der Waals surface area contributed by atoms with Gasteiger partial charge in [-0.05, 0) is 31.1 Å². The molecule has 1 aromatic rings. The summed E-state index contributed by atoms with van der Waals surface area (Å²) < 4.78 is 5.19. The largest absolute Gasteiger partial charge is 0.369 e. The van der Waals surface area contributed by atoms with E-state index in [1.165, 1.54) is 25.7 Å². The van der Waals surface area contributed by atoms with Crippen LogP contribution in [0.5, 0.6) is 0 Å². The summed E-state index contributed by atoms with van der Waals surface area (Å²) in [5.74, 6) is 3.10. The van der Waals surface area contributed by atoms with E-state index in [4.69, 9.17) is 10.3 Å². The van der Waals surface area contributed by atoms with E-state index in [-0.39, 0.29) is 12.5 Å². The minimum Gasteiger partial charge on any atom is -0.369 e. The summed E-state index contributed by atoms with van der Waals surface area (Å²) in [5.41, 5.74) is 5.03. The Morgan fingerprint density at radius 3 is 3.00 bits per heavy atom. The average molecular weight is 250 g/mol. The lowest BCUT2D eigenvalue weighted by Crippen LogP contribution is -2.28. The summed E-state index contributed by atoms with van der Waals surface area (Å²) >= 11 is 0. The number of carbonyl (C=O) groups is 1. The number of nitrogens with one attached hydrogen (secondary N) is 1. The Kier molecular flexibility index (Phi) is 3.03. The van der Waals surface area contributed by atoms with Crippen molar-refractivity contribution in [3.63, 3.8) is 0 Å². The van der Waals surface area contributed by atoms with Crippen molar-refractivity contribution >= 4 is 5.91 Å². The van der Waals surface area contributed by atoms with Gasteiger partial charge in [-0.1, -0.05) is 11.6 Å². The van der Waals surface area contributed by atoms with E-state index in [0.717, 1.165) is 17.7 Å². The third kappa shape index (κ3) is 2.25. The molecule has 2 bridgehead atoms. The van der Waals surface area contributed by atoms with Gasteiger partial charge in [0, 0.05) is 5.92 Å². The van der Waals surface area contributed by atoms with E-state index >= 15 is 0 Å². The minimum absolute atomic E-state index is 0.131. The zero-order chi connectivity index (χ0) is 12.5. The average Bonchev–Trinajstić information content (AvgIpc) is 3.03. The quantitative estimate of drug-likeness (QED) is 0.795. The van der Waals surface area contributed by atoms with Crippen LogP contribution in [0.4, 0.5) is 0 Å². The van der Waals surface area contributed by atoms with Crippen LogP contribution in [0.15, 0.2) is 4.52 Å². The lowest BCUT2D eigenvalue weighted by Gasteiger charge is -2.17. The Balaban J connectivity index is 1.58. The van der Waals surface area contributed by atoms with Crippen LogP contribution in [0.3, 0.4) is 0 Å². The van der Waals surface area contributed by atoms with Gasteiger partial charge in [0.2, 0.25) is 11.8 Å². The van der Waals surface area contributed by atoms with E-state index in [9.17, 15) is 4.79 Å². The highest BCUT2D eigenvalue weighted by atomic mass is 16.5. The maximum atomic E-state index is 10.6. The van der Waals surface area contributed by atoms with Gasteiger partial charge in [-0.3, -0.25) is 10.1 Å². The first kappa shape index (κ1) is 11.6. The van der Waals surface area contributed by atoms with E-state index in [1.54, 1.807) is 0 Å². The molecule has 6 heteroatoms. The standard InChI is InChI=1S/C12H18N4O2/c13-10(17)5-14-6-11-15-12(16-18-11)9-4-7-1-2-8(9)3-7/h7-9,14H,1-6H2,(H2,13,17). The summed E-state index contributed by atoms with van der Waals surface area (Å²) in [5, 5.41) is 6.94. The number of hydrogen-bond donors (Lipinski definition) is 2. The van der Waals surface area contributed by atoms with Gasteiger partial charge in [0.25, 0.3) is 0 Å². The number of aromatic nitrogens is 2. The summed E-state index contributed by atoms with van der Waals surface area (Å²) in [6.07, 6.45) is 5.21. The first-order chi connectivity index (χ1) is 8.72. The lowest BCUT2D eigenvalue weighted by molar-refractivity contribution is -0.117. The van der Waals surface area contributed by atoms with Crippen LogP contribution in [0.25, 0.3) is 0 Å². The zero-order valence-electron chi connectivity index (χ0n) is 10.3. The van der Waals surface area contributed by atoms with Gasteiger partial charge in [0.15, 0.2) is 5.82 Å². The number of carbonyl (C=O) groups excluding carboxylic acids is 1. The van der Waals surface area contributed by atoms with E-state index in [0.29, 0.717) is 18.4 Å². The molecule has 0 aromatic carbocycles. The fourth-order valence-corrected chi connectivity index (χ4v) is 3.34. The number of primary amides is 1.